The minimum Gasteiger partial charge on any atom is -0.486 e. The van der Waals surface area contributed by atoms with Gasteiger partial charge in [-0.3, -0.25) is 9.69 Å². The van der Waals surface area contributed by atoms with Gasteiger partial charge in [-0.25, -0.2) is 0 Å². The summed E-state index contributed by atoms with van der Waals surface area (Å²) >= 11 is 6.37. The van der Waals surface area contributed by atoms with Gasteiger partial charge < -0.3 is 19.4 Å². The van der Waals surface area contributed by atoms with Gasteiger partial charge in [0.05, 0.1) is 30.3 Å². The van der Waals surface area contributed by atoms with E-state index in [9.17, 15) is 4.79 Å². The number of benzene rings is 1. The summed E-state index contributed by atoms with van der Waals surface area (Å²) in [6, 6.07) is 5.62. The molecule has 7 heteroatoms. The van der Waals surface area contributed by atoms with Crippen molar-refractivity contribution < 1.29 is 14.3 Å². The molecule has 0 saturated carbocycles. The van der Waals surface area contributed by atoms with Crippen LogP contribution < -0.4 is 10.1 Å². The van der Waals surface area contributed by atoms with E-state index >= 15 is 0 Å². The molecule has 27 heavy (non-hydrogen) atoms. The second-order valence-electron chi connectivity index (χ2n) is 7.16. The Labute approximate surface area is 164 Å². The fourth-order valence-corrected chi connectivity index (χ4v) is 4.05. The molecule has 6 nitrogen and oxygen atoms in total. The number of amides is 1. The molecule has 0 aliphatic carbocycles. The molecule has 1 fully saturated rings. The first kappa shape index (κ1) is 18.6. The topological polar surface area (TPSA) is 55.7 Å². The maximum atomic E-state index is 12.8. The van der Waals surface area contributed by atoms with E-state index < -0.39 is 0 Å². The third kappa shape index (κ3) is 3.79. The van der Waals surface area contributed by atoms with Crippen molar-refractivity contribution in [3.63, 3.8) is 0 Å². The Bertz CT molecular complexity index is 829. The molecule has 1 atom stereocenters. The van der Waals surface area contributed by atoms with Crippen LogP contribution in [0.15, 0.2) is 18.2 Å². The first-order valence-electron chi connectivity index (χ1n) is 9.74. The summed E-state index contributed by atoms with van der Waals surface area (Å²) in [7, 11) is 0. The molecule has 4 rings (SSSR count). The molecule has 1 aromatic carbocycles. The molecular weight excluding hydrogens is 366 g/mol. The number of halogens is 1. The molecule has 2 aliphatic rings. The summed E-state index contributed by atoms with van der Waals surface area (Å²) in [4.78, 5) is 15.2. The van der Waals surface area contributed by atoms with Crippen LogP contribution in [0.3, 0.4) is 0 Å². The van der Waals surface area contributed by atoms with E-state index in [1.807, 2.05) is 18.2 Å². The third-order valence-electron chi connectivity index (χ3n) is 5.38. The van der Waals surface area contributed by atoms with E-state index in [1.165, 1.54) is 0 Å². The number of morpholine rings is 1. The first-order valence-corrected chi connectivity index (χ1v) is 10.1. The van der Waals surface area contributed by atoms with Crippen molar-refractivity contribution in [1.29, 1.82) is 0 Å². The molecule has 0 radical (unpaired) electrons. The predicted octanol–water partition coefficient (Wildman–Crippen LogP) is 2.92. The summed E-state index contributed by atoms with van der Waals surface area (Å²) in [5.41, 5.74) is 1.58. The van der Waals surface area contributed by atoms with Crippen LogP contribution in [0.2, 0.25) is 5.02 Å². The zero-order valence-corrected chi connectivity index (χ0v) is 16.4. The molecule has 1 saturated heterocycles. The van der Waals surface area contributed by atoms with Gasteiger partial charge in [0.25, 0.3) is 5.91 Å². The zero-order valence-electron chi connectivity index (χ0n) is 15.7. The number of carbonyl (C=O) groups excluding carboxylic acids is 1. The van der Waals surface area contributed by atoms with Crippen molar-refractivity contribution in [1.82, 2.24) is 14.8 Å². The number of nitrogens with one attached hydrogen (secondary N) is 1. The Hall–Kier alpha value is -1.76. The minimum atomic E-state index is -0.0491. The number of aromatic nitrogens is 1. The summed E-state index contributed by atoms with van der Waals surface area (Å²) in [5.74, 6) is 0.755. The summed E-state index contributed by atoms with van der Waals surface area (Å²) < 4.78 is 13.5. The van der Waals surface area contributed by atoms with Gasteiger partial charge >= 0.3 is 0 Å². The summed E-state index contributed by atoms with van der Waals surface area (Å²) in [6.45, 7) is 7.96. The number of ether oxygens (including phenoxy) is 2. The Morgan fingerprint density at radius 1 is 1.33 bits per heavy atom. The highest BCUT2D eigenvalue weighted by Crippen LogP contribution is 2.38. The van der Waals surface area contributed by atoms with Crippen LogP contribution in [0.4, 0.5) is 0 Å². The van der Waals surface area contributed by atoms with Crippen LogP contribution in [0, 0.1) is 0 Å². The van der Waals surface area contributed by atoms with Gasteiger partial charge in [0.15, 0.2) is 0 Å². The fourth-order valence-electron chi connectivity index (χ4n) is 3.84. The van der Waals surface area contributed by atoms with Crippen LogP contribution in [0.25, 0.3) is 10.9 Å². The van der Waals surface area contributed by atoms with Crippen LogP contribution in [0.1, 0.15) is 30.3 Å². The van der Waals surface area contributed by atoms with Crippen LogP contribution in [-0.4, -0.2) is 60.9 Å². The Morgan fingerprint density at radius 3 is 2.93 bits per heavy atom. The molecule has 2 aromatic rings. The number of hydrogen-bond acceptors (Lipinski definition) is 4. The molecule has 3 heterocycles. The Balaban J connectivity index is 1.46. The van der Waals surface area contributed by atoms with E-state index in [1.54, 1.807) is 0 Å². The highest BCUT2D eigenvalue weighted by Gasteiger charge is 2.26. The van der Waals surface area contributed by atoms with Gasteiger partial charge in [-0.1, -0.05) is 18.5 Å². The lowest BCUT2D eigenvalue weighted by Crippen LogP contribution is -2.38. The van der Waals surface area contributed by atoms with E-state index in [0.29, 0.717) is 23.8 Å². The van der Waals surface area contributed by atoms with Gasteiger partial charge in [-0.15, -0.1) is 0 Å². The van der Waals surface area contributed by atoms with Gasteiger partial charge in [-0.05, 0) is 37.6 Å². The van der Waals surface area contributed by atoms with Gasteiger partial charge in [0.2, 0.25) is 0 Å². The Kier molecular flexibility index (Phi) is 5.57. The molecule has 1 amide bonds. The predicted molar refractivity (Wildman–Crippen MR) is 106 cm³/mol. The molecule has 146 valence electrons. The van der Waals surface area contributed by atoms with Crippen molar-refractivity contribution in [2.24, 2.45) is 0 Å². The third-order valence-corrected chi connectivity index (χ3v) is 5.71. The first-order chi connectivity index (χ1) is 13.2. The van der Waals surface area contributed by atoms with E-state index in [4.69, 9.17) is 21.1 Å². The van der Waals surface area contributed by atoms with Crippen LogP contribution in [-0.2, 0) is 11.3 Å². The smallest absolute Gasteiger partial charge is 0.267 e. The molecule has 0 spiro atoms. The molecule has 2 aliphatic heterocycles. The SMILES string of the molecule is CCC1Cn2c(C(=O)NCCCN3CCOCC3)cc3c(Cl)ccc(c32)O1. The number of rotatable bonds is 6. The number of hydrogen-bond donors (Lipinski definition) is 1. The van der Waals surface area contributed by atoms with Crippen molar-refractivity contribution in [3.8, 4) is 5.75 Å². The highest BCUT2D eigenvalue weighted by molar-refractivity contribution is 6.36. The van der Waals surface area contributed by atoms with Gasteiger partial charge in [-0.2, -0.15) is 0 Å². The normalized spacial score (nSPS) is 19.9. The van der Waals surface area contributed by atoms with Crippen molar-refractivity contribution in [2.45, 2.75) is 32.4 Å². The van der Waals surface area contributed by atoms with Gasteiger partial charge in [0, 0.05) is 25.0 Å². The molecule has 1 unspecified atom stereocenters. The van der Waals surface area contributed by atoms with E-state index in [-0.39, 0.29) is 12.0 Å². The van der Waals surface area contributed by atoms with Crippen molar-refractivity contribution in [2.75, 3.05) is 39.4 Å². The maximum Gasteiger partial charge on any atom is 0.267 e. The fraction of sp³-hybridized carbons (Fsp3) is 0.550. The molecular formula is C20H26ClN3O3. The summed E-state index contributed by atoms with van der Waals surface area (Å²) in [5, 5.41) is 4.59. The van der Waals surface area contributed by atoms with Gasteiger partial charge in [0.1, 0.15) is 17.5 Å². The summed E-state index contributed by atoms with van der Waals surface area (Å²) in [6.07, 6.45) is 1.89. The standard InChI is InChI=1S/C20H26ClN3O3/c1-2-14-13-24-17(12-15-16(21)4-5-18(27-14)19(15)24)20(25)22-6-3-7-23-8-10-26-11-9-23/h4-5,12,14H,2-3,6-11,13H2,1H3,(H,22,25). The van der Waals surface area contributed by atoms with Crippen molar-refractivity contribution in [3.05, 3.63) is 28.9 Å². The largest absolute Gasteiger partial charge is 0.486 e. The van der Waals surface area contributed by atoms with Crippen molar-refractivity contribution >= 4 is 28.4 Å². The minimum absolute atomic E-state index is 0.0491. The zero-order chi connectivity index (χ0) is 18.8. The monoisotopic (exact) mass is 391 g/mol. The number of carbonyl (C=O) groups is 1. The number of nitrogens with zero attached hydrogens (tertiary/aromatic N) is 2. The van der Waals surface area contributed by atoms with E-state index in [0.717, 1.165) is 62.3 Å². The van der Waals surface area contributed by atoms with Crippen LogP contribution >= 0.6 is 11.6 Å². The quantitative estimate of drug-likeness (QED) is 0.769. The lowest BCUT2D eigenvalue weighted by Gasteiger charge is -2.27. The molecule has 1 aromatic heterocycles. The maximum absolute atomic E-state index is 12.8. The van der Waals surface area contributed by atoms with E-state index in [2.05, 4.69) is 21.7 Å². The average Bonchev–Trinajstić information content (AvgIpc) is 3.09. The lowest BCUT2D eigenvalue weighted by atomic mass is 10.2. The molecule has 1 N–H and O–H groups in total. The highest BCUT2D eigenvalue weighted by atomic mass is 35.5. The second kappa shape index (κ2) is 8.09. The molecule has 0 bridgehead atoms. The second-order valence-corrected chi connectivity index (χ2v) is 7.57. The average molecular weight is 392 g/mol. The lowest BCUT2D eigenvalue weighted by molar-refractivity contribution is 0.0374. The Morgan fingerprint density at radius 2 is 2.15 bits per heavy atom. The van der Waals surface area contributed by atoms with Crippen LogP contribution in [0.5, 0.6) is 5.75 Å².